The van der Waals surface area contributed by atoms with E-state index in [1.54, 1.807) is 0 Å². The second-order valence-electron chi connectivity index (χ2n) is 3.06. The van der Waals surface area contributed by atoms with Gasteiger partial charge in [0.1, 0.15) is 0 Å². The zero-order valence-corrected chi connectivity index (χ0v) is 9.76. The molecule has 0 aromatic heterocycles. The molecule has 0 fully saturated rings. The van der Waals surface area contributed by atoms with Crippen LogP contribution < -0.4 is 0 Å². The van der Waals surface area contributed by atoms with Crippen molar-refractivity contribution in [3.63, 3.8) is 0 Å². The third-order valence-electron chi connectivity index (χ3n) is 1.80. The van der Waals surface area contributed by atoms with Crippen LogP contribution in [0.1, 0.15) is 0 Å². The fourth-order valence-corrected chi connectivity index (χ4v) is 1.97. The first-order chi connectivity index (χ1) is 8.09. The third kappa shape index (κ3) is 5.21. The molecule has 2 N–H and O–H groups in total. The van der Waals surface area contributed by atoms with E-state index in [2.05, 4.69) is 22.2 Å². The van der Waals surface area contributed by atoms with Crippen LogP contribution in [-0.2, 0) is 9.59 Å². The summed E-state index contributed by atoms with van der Waals surface area (Å²) in [7, 11) is 0. The summed E-state index contributed by atoms with van der Waals surface area (Å²) in [4.78, 5) is 25.6. The van der Waals surface area contributed by atoms with Crippen LogP contribution in [0.25, 0.3) is 0 Å². The Labute approximate surface area is 102 Å². The highest BCUT2D eigenvalue weighted by atomic mass is 32.2. The van der Waals surface area contributed by atoms with Crippen molar-refractivity contribution in [2.75, 3.05) is 18.8 Å². The number of carboxylic acids is 2. The lowest BCUT2D eigenvalue weighted by atomic mass is 10.5. The summed E-state index contributed by atoms with van der Waals surface area (Å²) in [5, 5.41) is 16.8. The largest absolute Gasteiger partial charge is 0.478 e. The van der Waals surface area contributed by atoms with Crippen molar-refractivity contribution in [1.82, 2.24) is 4.90 Å². The number of aliphatic carboxylic acids is 2. The molecule has 2 heterocycles. The normalized spacial score (nSPS) is 17.2. The highest BCUT2D eigenvalue weighted by molar-refractivity contribution is 8.14. The van der Waals surface area contributed by atoms with Crippen LogP contribution >= 0.6 is 11.8 Å². The van der Waals surface area contributed by atoms with Crippen LogP contribution in [0.4, 0.5) is 0 Å². The molecule has 0 aromatic carbocycles. The Bertz CT molecular complexity index is 374. The van der Waals surface area contributed by atoms with Gasteiger partial charge in [-0.1, -0.05) is 17.8 Å². The Morgan fingerprint density at radius 2 is 2.00 bits per heavy atom. The molecule has 0 bridgehead atoms. The molecule has 0 unspecified atom stereocenters. The lowest BCUT2D eigenvalue weighted by Crippen LogP contribution is -2.21. The molecule has 92 valence electrons. The van der Waals surface area contributed by atoms with E-state index >= 15 is 0 Å². The summed E-state index contributed by atoms with van der Waals surface area (Å²) >= 11 is 1.82. The molecule has 17 heavy (non-hydrogen) atoms. The minimum absolute atomic E-state index is 0.558. The van der Waals surface area contributed by atoms with Gasteiger partial charge in [0.05, 0.1) is 6.54 Å². The second-order valence-corrected chi connectivity index (χ2v) is 4.05. The number of amidine groups is 1. The number of carbonyl (C=O) groups is 2. The van der Waals surface area contributed by atoms with Crippen molar-refractivity contribution in [3.8, 4) is 0 Å². The average molecular weight is 256 g/mol. The number of thioether (sulfide) groups is 1. The molecule has 6 nitrogen and oxygen atoms in total. The zero-order valence-electron chi connectivity index (χ0n) is 8.94. The summed E-state index contributed by atoms with van der Waals surface area (Å²) in [6.07, 6.45) is 5.42. The number of aliphatic imine (C=N–C) groups is 1. The van der Waals surface area contributed by atoms with Gasteiger partial charge in [-0.3, -0.25) is 4.99 Å². The molecule has 2 rings (SSSR count). The second kappa shape index (κ2) is 6.74. The summed E-state index contributed by atoms with van der Waals surface area (Å²) in [6.45, 7) is 2.06. The molecule has 0 aromatic rings. The number of nitrogens with zero attached hydrogens (tertiary/aromatic N) is 2. The van der Waals surface area contributed by atoms with E-state index in [1.165, 1.54) is 5.17 Å². The minimum Gasteiger partial charge on any atom is -0.478 e. The molecule has 0 spiro atoms. The maximum absolute atomic E-state index is 9.55. The van der Waals surface area contributed by atoms with Crippen molar-refractivity contribution in [1.29, 1.82) is 0 Å². The Balaban J connectivity index is 0.000000172. The van der Waals surface area contributed by atoms with Gasteiger partial charge in [0.2, 0.25) is 0 Å². The Morgan fingerprint density at radius 1 is 1.35 bits per heavy atom. The number of rotatable bonds is 2. The van der Waals surface area contributed by atoms with Crippen LogP contribution in [-0.4, -0.2) is 51.1 Å². The Kier molecular flexibility index (Phi) is 5.28. The van der Waals surface area contributed by atoms with E-state index in [0.29, 0.717) is 12.2 Å². The lowest BCUT2D eigenvalue weighted by Gasteiger charge is -2.17. The number of hydrogen-bond donors (Lipinski definition) is 2. The van der Waals surface area contributed by atoms with Crippen LogP contribution in [0.5, 0.6) is 0 Å². The summed E-state index contributed by atoms with van der Waals surface area (Å²) < 4.78 is 0. The topological polar surface area (TPSA) is 90.2 Å². The maximum Gasteiger partial charge on any atom is 0.328 e. The van der Waals surface area contributed by atoms with E-state index in [4.69, 9.17) is 10.2 Å². The summed E-state index contributed by atoms with van der Waals surface area (Å²) in [6, 6.07) is 0. The van der Waals surface area contributed by atoms with Gasteiger partial charge in [-0.15, -0.1) is 0 Å². The van der Waals surface area contributed by atoms with Crippen molar-refractivity contribution >= 4 is 28.9 Å². The van der Waals surface area contributed by atoms with E-state index in [9.17, 15) is 9.59 Å². The van der Waals surface area contributed by atoms with Gasteiger partial charge in [-0.05, 0) is 0 Å². The Morgan fingerprint density at radius 3 is 2.53 bits per heavy atom. The van der Waals surface area contributed by atoms with Gasteiger partial charge in [0.15, 0.2) is 5.17 Å². The van der Waals surface area contributed by atoms with Crippen LogP contribution in [0.3, 0.4) is 0 Å². The molecule has 2 aliphatic heterocycles. The van der Waals surface area contributed by atoms with Crippen LogP contribution in [0.15, 0.2) is 29.4 Å². The molecule has 0 aliphatic carbocycles. The average Bonchev–Trinajstić information content (AvgIpc) is 2.75. The monoisotopic (exact) mass is 256 g/mol. The first-order valence-electron chi connectivity index (χ1n) is 4.84. The maximum atomic E-state index is 9.55. The van der Waals surface area contributed by atoms with Gasteiger partial charge >= 0.3 is 11.9 Å². The summed E-state index contributed by atoms with van der Waals surface area (Å²) in [5.74, 6) is -1.42. The highest BCUT2D eigenvalue weighted by Crippen LogP contribution is 2.18. The number of fused-ring (bicyclic) bond motifs is 1. The fourth-order valence-electron chi connectivity index (χ4n) is 1.14. The van der Waals surface area contributed by atoms with Gasteiger partial charge in [-0.25, -0.2) is 9.59 Å². The van der Waals surface area contributed by atoms with Crippen LogP contribution in [0, 0.1) is 0 Å². The minimum atomic E-state index is -1.26. The molecular formula is C10H12N2O4S. The highest BCUT2D eigenvalue weighted by Gasteiger charge is 2.16. The van der Waals surface area contributed by atoms with Crippen LogP contribution in [0.2, 0.25) is 0 Å². The van der Waals surface area contributed by atoms with Gasteiger partial charge in [-0.2, -0.15) is 0 Å². The molecule has 0 atom stereocenters. The molecule has 0 radical (unpaired) electrons. The standard InChI is InChI=1S/C6H8N2S.C4H4O4/c1-3-8-4-2-7-6(8)9-5-1;5-3(6)1-2-4(7)8/h1,3H,2,4-5H2;1-2H,(H,5,6)(H,7,8). The van der Waals surface area contributed by atoms with E-state index < -0.39 is 11.9 Å². The van der Waals surface area contributed by atoms with E-state index in [1.807, 2.05) is 11.8 Å². The smallest absolute Gasteiger partial charge is 0.328 e. The number of carboxylic acid groups (broad SMARTS) is 2. The lowest BCUT2D eigenvalue weighted by molar-refractivity contribution is -0.134. The van der Waals surface area contributed by atoms with Crippen molar-refractivity contribution in [3.05, 3.63) is 24.4 Å². The molecular weight excluding hydrogens is 244 g/mol. The van der Waals surface area contributed by atoms with Crippen molar-refractivity contribution in [2.24, 2.45) is 4.99 Å². The van der Waals surface area contributed by atoms with Gasteiger partial charge < -0.3 is 15.1 Å². The molecule has 0 amide bonds. The third-order valence-corrected chi connectivity index (χ3v) is 2.78. The predicted octanol–water partition coefficient (Wildman–Crippen LogP) is 0.630. The first kappa shape index (κ1) is 13.3. The molecule has 2 aliphatic rings. The first-order valence-corrected chi connectivity index (χ1v) is 5.82. The molecule has 0 saturated heterocycles. The van der Waals surface area contributed by atoms with Crippen molar-refractivity contribution in [2.45, 2.75) is 0 Å². The predicted molar refractivity (Wildman–Crippen MR) is 65.0 cm³/mol. The SMILES string of the molecule is C1=CN2CCN=C2SC1.O=C(O)C=CC(=O)O. The van der Waals surface area contributed by atoms with E-state index in [0.717, 1.165) is 18.8 Å². The van der Waals surface area contributed by atoms with Gasteiger partial charge in [0, 0.05) is 30.6 Å². The quantitative estimate of drug-likeness (QED) is 0.704. The Hall–Kier alpha value is -1.76. The fraction of sp³-hybridized carbons (Fsp3) is 0.300. The zero-order chi connectivity index (χ0) is 12.7. The van der Waals surface area contributed by atoms with Gasteiger partial charge in [0.25, 0.3) is 0 Å². The molecule has 7 heteroatoms. The van der Waals surface area contributed by atoms with E-state index in [-0.39, 0.29) is 0 Å². The summed E-state index contributed by atoms with van der Waals surface area (Å²) in [5.41, 5.74) is 0. The van der Waals surface area contributed by atoms with Crippen molar-refractivity contribution < 1.29 is 19.8 Å². The molecule has 0 saturated carbocycles. The number of hydrogen-bond acceptors (Lipinski definition) is 5.